The zero-order valence-electron chi connectivity index (χ0n) is 15.6. The summed E-state index contributed by atoms with van der Waals surface area (Å²) in [6.07, 6.45) is 5.20. The van der Waals surface area contributed by atoms with Crippen molar-refractivity contribution in [2.24, 2.45) is 5.92 Å². The van der Waals surface area contributed by atoms with Crippen molar-refractivity contribution in [2.45, 2.75) is 79.5 Å². The van der Waals surface area contributed by atoms with Crippen molar-refractivity contribution in [3.05, 3.63) is 35.9 Å². The van der Waals surface area contributed by atoms with Gasteiger partial charge in [-0.05, 0) is 63.9 Å². The van der Waals surface area contributed by atoms with Crippen molar-refractivity contribution in [1.29, 1.82) is 0 Å². The van der Waals surface area contributed by atoms with E-state index in [1.165, 1.54) is 5.56 Å². The smallest absolute Gasteiger partial charge is 0.166 e. The van der Waals surface area contributed by atoms with E-state index in [0.29, 0.717) is 5.92 Å². The maximum Gasteiger partial charge on any atom is 0.166 e. The summed E-state index contributed by atoms with van der Waals surface area (Å²) in [7, 11) is -1.15. The molecule has 0 amide bonds. The van der Waals surface area contributed by atoms with E-state index in [1.807, 2.05) is 18.2 Å². The first-order chi connectivity index (χ1) is 12.4. The lowest BCUT2D eigenvalue weighted by Gasteiger charge is -2.37. The van der Waals surface area contributed by atoms with Crippen molar-refractivity contribution in [1.82, 2.24) is 4.72 Å². The molecule has 6 heteroatoms. The molecular weight excluding hydrogens is 461 g/mol. The number of aliphatic hydroxyl groups excluding tert-OH is 1. The number of hydrogen-bond donors (Lipinski definition) is 2. The van der Waals surface area contributed by atoms with Gasteiger partial charge in [-0.3, -0.25) is 0 Å². The van der Waals surface area contributed by atoms with E-state index in [0.717, 1.165) is 38.5 Å². The summed E-state index contributed by atoms with van der Waals surface area (Å²) >= 11 is 2.25. The summed E-state index contributed by atoms with van der Waals surface area (Å²) in [6.45, 7) is 4.14. The number of halogens is 1. The summed E-state index contributed by atoms with van der Waals surface area (Å²) in [6, 6.07) is 10.4. The Labute approximate surface area is 173 Å². The van der Waals surface area contributed by atoms with Crippen LogP contribution in [0.2, 0.25) is 0 Å². The molecule has 2 aliphatic rings. The SMILES string of the molecule is CC(C)(CCc1ccccc1)S(=O)N[C@@H](C1CC1)[C@@H]1CCC(I)C(O)O1. The molecule has 1 aromatic carbocycles. The van der Waals surface area contributed by atoms with Gasteiger partial charge in [0.2, 0.25) is 0 Å². The van der Waals surface area contributed by atoms with Crippen LogP contribution in [0.25, 0.3) is 0 Å². The van der Waals surface area contributed by atoms with Gasteiger partial charge in [-0.1, -0.05) is 52.9 Å². The fourth-order valence-electron chi connectivity index (χ4n) is 3.46. The average molecular weight is 491 g/mol. The summed E-state index contributed by atoms with van der Waals surface area (Å²) in [5, 5.41) is 10.1. The third-order valence-corrected chi connectivity index (χ3v) is 8.42. The van der Waals surface area contributed by atoms with Crippen LogP contribution in [-0.2, 0) is 22.1 Å². The molecule has 1 aliphatic heterocycles. The minimum Gasteiger partial charge on any atom is -0.367 e. The molecule has 1 heterocycles. The van der Waals surface area contributed by atoms with Gasteiger partial charge in [-0.15, -0.1) is 0 Å². The Balaban J connectivity index is 1.58. The number of nitrogens with one attached hydrogen (secondary N) is 1. The monoisotopic (exact) mass is 491 g/mol. The second-order valence-electron chi connectivity index (χ2n) is 8.15. The number of hydrogen-bond acceptors (Lipinski definition) is 3. The highest BCUT2D eigenvalue weighted by Crippen LogP contribution is 2.39. The summed E-state index contributed by atoms with van der Waals surface area (Å²) in [4.78, 5) is 0. The van der Waals surface area contributed by atoms with E-state index in [4.69, 9.17) is 4.74 Å². The Morgan fingerprint density at radius 3 is 2.58 bits per heavy atom. The van der Waals surface area contributed by atoms with Crippen molar-refractivity contribution in [3.63, 3.8) is 0 Å². The zero-order valence-corrected chi connectivity index (χ0v) is 18.5. The second kappa shape index (κ2) is 8.99. The Hall–Kier alpha value is -0.0200. The first-order valence-corrected chi connectivity index (χ1v) is 12.0. The molecule has 2 N–H and O–H groups in total. The lowest BCUT2D eigenvalue weighted by molar-refractivity contribution is -0.163. The van der Waals surface area contributed by atoms with Crippen molar-refractivity contribution < 1.29 is 14.1 Å². The number of aryl methyl sites for hydroxylation is 1. The molecule has 0 aromatic heterocycles. The zero-order chi connectivity index (χ0) is 18.7. The predicted molar refractivity (Wildman–Crippen MR) is 115 cm³/mol. The highest BCUT2D eigenvalue weighted by atomic mass is 127. The van der Waals surface area contributed by atoms with Gasteiger partial charge in [0.1, 0.15) is 0 Å². The molecule has 26 heavy (non-hydrogen) atoms. The standard InChI is InChI=1S/C20H30INO3S/c1-20(2,13-12-14-6-4-3-5-7-14)26(24)22-18(15-8-9-15)17-11-10-16(21)19(23)25-17/h3-7,15-19,22-23H,8-13H2,1-2H3/t16?,17-,18-,19?,26?/m0/s1. The van der Waals surface area contributed by atoms with Crippen LogP contribution in [-0.4, -0.2) is 36.4 Å². The maximum atomic E-state index is 13.1. The molecule has 0 radical (unpaired) electrons. The minimum atomic E-state index is -1.15. The second-order valence-corrected chi connectivity index (χ2v) is 11.6. The van der Waals surface area contributed by atoms with E-state index < -0.39 is 17.3 Å². The van der Waals surface area contributed by atoms with E-state index in [-0.39, 0.29) is 20.8 Å². The Morgan fingerprint density at radius 1 is 1.27 bits per heavy atom. The lowest BCUT2D eigenvalue weighted by Crippen LogP contribution is -2.52. The van der Waals surface area contributed by atoms with Gasteiger partial charge in [0.05, 0.1) is 25.8 Å². The summed E-state index contributed by atoms with van der Waals surface area (Å²) < 4.78 is 22.2. The molecule has 146 valence electrons. The molecule has 3 unspecified atom stereocenters. The fraction of sp³-hybridized carbons (Fsp3) is 0.700. The highest BCUT2D eigenvalue weighted by Gasteiger charge is 2.43. The molecule has 1 aromatic rings. The maximum absolute atomic E-state index is 13.1. The van der Waals surface area contributed by atoms with Crippen LogP contribution in [0.5, 0.6) is 0 Å². The number of rotatable bonds is 8. The molecule has 1 saturated heterocycles. The largest absolute Gasteiger partial charge is 0.367 e. The average Bonchev–Trinajstić information content (AvgIpc) is 3.46. The fourth-order valence-corrected chi connectivity index (χ4v) is 5.19. The molecule has 0 spiro atoms. The van der Waals surface area contributed by atoms with Gasteiger partial charge in [0.25, 0.3) is 0 Å². The highest BCUT2D eigenvalue weighted by molar-refractivity contribution is 14.1. The van der Waals surface area contributed by atoms with Crippen LogP contribution >= 0.6 is 22.6 Å². The van der Waals surface area contributed by atoms with Crippen molar-refractivity contribution >= 4 is 33.6 Å². The molecular formula is C20H30INO3S. The number of benzene rings is 1. The quantitative estimate of drug-likeness (QED) is 0.431. The summed E-state index contributed by atoms with van der Waals surface area (Å²) in [5.41, 5.74) is 1.28. The molecule has 3 rings (SSSR count). The molecule has 0 bridgehead atoms. The van der Waals surface area contributed by atoms with Gasteiger partial charge >= 0.3 is 0 Å². The van der Waals surface area contributed by atoms with Gasteiger partial charge in [-0.2, -0.15) is 0 Å². The van der Waals surface area contributed by atoms with Gasteiger partial charge in [-0.25, -0.2) is 8.93 Å². The van der Waals surface area contributed by atoms with E-state index in [1.54, 1.807) is 0 Å². The molecule has 2 fully saturated rings. The molecule has 1 aliphatic carbocycles. The molecule has 5 atom stereocenters. The van der Waals surface area contributed by atoms with Crippen LogP contribution in [0, 0.1) is 5.92 Å². The van der Waals surface area contributed by atoms with Crippen LogP contribution in [0.4, 0.5) is 0 Å². The first-order valence-electron chi connectivity index (χ1n) is 9.56. The van der Waals surface area contributed by atoms with Crippen LogP contribution in [0.3, 0.4) is 0 Å². The van der Waals surface area contributed by atoms with E-state index in [9.17, 15) is 9.32 Å². The molecule has 1 saturated carbocycles. The Morgan fingerprint density at radius 2 is 1.96 bits per heavy atom. The minimum absolute atomic E-state index is 0.0441. The third kappa shape index (κ3) is 5.50. The van der Waals surface area contributed by atoms with Gasteiger partial charge in [0, 0.05) is 6.04 Å². The number of aliphatic hydroxyl groups is 1. The Bertz CT molecular complexity index is 608. The lowest BCUT2D eigenvalue weighted by atomic mass is 9.99. The third-order valence-electron chi connectivity index (χ3n) is 5.48. The van der Waals surface area contributed by atoms with Gasteiger partial charge < -0.3 is 9.84 Å². The van der Waals surface area contributed by atoms with Crippen LogP contribution < -0.4 is 4.72 Å². The molecule has 4 nitrogen and oxygen atoms in total. The predicted octanol–water partition coefficient (Wildman–Crippen LogP) is 3.73. The topological polar surface area (TPSA) is 58.6 Å². The normalized spacial score (nSPS) is 29.3. The van der Waals surface area contributed by atoms with Crippen molar-refractivity contribution in [2.75, 3.05) is 0 Å². The van der Waals surface area contributed by atoms with Crippen molar-refractivity contribution in [3.8, 4) is 0 Å². The van der Waals surface area contributed by atoms with Gasteiger partial charge in [0.15, 0.2) is 6.29 Å². The number of alkyl halides is 1. The van der Waals surface area contributed by atoms with Crippen LogP contribution in [0.15, 0.2) is 30.3 Å². The van der Waals surface area contributed by atoms with E-state index in [2.05, 4.69) is 53.3 Å². The number of ether oxygens (including phenoxy) is 1. The van der Waals surface area contributed by atoms with Crippen LogP contribution in [0.1, 0.15) is 51.5 Å². The van der Waals surface area contributed by atoms with E-state index >= 15 is 0 Å². The summed E-state index contributed by atoms with van der Waals surface area (Å²) in [5.74, 6) is 0.520. The Kier molecular flexibility index (Phi) is 7.16. The first kappa shape index (κ1) is 20.7.